The van der Waals surface area contributed by atoms with E-state index in [9.17, 15) is 22.8 Å². The van der Waals surface area contributed by atoms with Crippen molar-refractivity contribution in [1.82, 2.24) is 9.97 Å². The van der Waals surface area contributed by atoms with Crippen molar-refractivity contribution in [1.29, 1.82) is 0 Å². The Hall–Kier alpha value is -4.63. The molecule has 2 heterocycles. The van der Waals surface area contributed by atoms with Gasteiger partial charge in [0, 0.05) is 27.8 Å². The van der Waals surface area contributed by atoms with Gasteiger partial charge in [0.25, 0.3) is 0 Å². The summed E-state index contributed by atoms with van der Waals surface area (Å²) in [5.74, 6) is -0.345. The highest BCUT2D eigenvalue weighted by atomic mass is 79.9. The monoisotopic (exact) mass is 602 g/mol. The minimum absolute atomic E-state index is 0.345. The molecule has 0 N–H and O–H groups in total. The maximum absolute atomic E-state index is 12.6. The van der Waals surface area contributed by atoms with Crippen LogP contribution in [0.25, 0.3) is 44.9 Å². The summed E-state index contributed by atoms with van der Waals surface area (Å²) in [5, 5.41) is 0. The van der Waals surface area contributed by atoms with Crippen molar-refractivity contribution in [3.63, 3.8) is 0 Å². The fourth-order valence-electron chi connectivity index (χ4n) is 4.36. The molecule has 2 aromatic heterocycles. The Morgan fingerprint density at radius 3 is 1.95 bits per heavy atom. The van der Waals surface area contributed by atoms with Crippen molar-refractivity contribution in [2.45, 2.75) is 6.36 Å². The van der Waals surface area contributed by atoms with Gasteiger partial charge in [-0.3, -0.25) is 9.59 Å². The van der Waals surface area contributed by atoms with Gasteiger partial charge in [-0.1, -0.05) is 42.5 Å². The van der Waals surface area contributed by atoms with E-state index in [1.807, 2.05) is 24.3 Å². The lowest BCUT2D eigenvalue weighted by atomic mass is 9.89. The van der Waals surface area contributed by atoms with Gasteiger partial charge in [-0.05, 0) is 81.7 Å². The largest absolute Gasteiger partial charge is 0.573 e. The highest BCUT2D eigenvalue weighted by molar-refractivity contribution is 9.10. The molecule has 0 spiro atoms. The normalized spacial score (nSPS) is 11.2. The Balaban J connectivity index is 1.63. The van der Waals surface area contributed by atoms with Crippen LogP contribution in [0.2, 0.25) is 0 Å². The SMILES string of the molecule is O=Cc1ccc(-c2cccc(Br)n2)cc1-c1cccc(C=O)c1-c1cccc(-c2ccc(OC(F)(F)F)cc2)n1. The molecule has 0 fully saturated rings. The van der Waals surface area contributed by atoms with Crippen molar-refractivity contribution in [3.05, 3.63) is 113 Å². The molecule has 198 valence electrons. The van der Waals surface area contributed by atoms with E-state index in [4.69, 9.17) is 4.98 Å². The molecule has 0 aliphatic rings. The molecule has 0 bridgehead atoms. The molecule has 0 amide bonds. The number of carbonyl (C=O) groups excluding carboxylic acids is 2. The lowest BCUT2D eigenvalue weighted by Crippen LogP contribution is -2.16. The fraction of sp³-hybridized carbons (Fsp3) is 0.0323. The summed E-state index contributed by atoms with van der Waals surface area (Å²) in [6, 6.07) is 26.6. The molecular weight excluding hydrogens is 585 g/mol. The summed E-state index contributed by atoms with van der Waals surface area (Å²) in [5.41, 5.74) is 5.44. The summed E-state index contributed by atoms with van der Waals surface area (Å²) >= 11 is 3.38. The summed E-state index contributed by atoms with van der Waals surface area (Å²) in [6.07, 6.45) is -3.32. The number of ether oxygens (including phenoxy) is 1. The van der Waals surface area contributed by atoms with Gasteiger partial charge in [0.2, 0.25) is 0 Å². The topological polar surface area (TPSA) is 69.2 Å². The number of carbonyl (C=O) groups is 2. The van der Waals surface area contributed by atoms with E-state index >= 15 is 0 Å². The quantitative estimate of drug-likeness (QED) is 0.138. The van der Waals surface area contributed by atoms with E-state index < -0.39 is 6.36 Å². The van der Waals surface area contributed by atoms with E-state index in [2.05, 4.69) is 25.7 Å². The van der Waals surface area contributed by atoms with Crippen molar-refractivity contribution in [3.8, 4) is 50.6 Å². The standard InChI is InChI=1S/C31H18BrF3N2O3/c32-29-9-3-7-27(37-29)20-10-11-21(17-38)25(16-20)24-5-1-4-22(18-39)30(24)28-8-2-6-26(36-28)19-12-14-23(15-13-19)40-31(33,34)35/h1-18H. The summed E-state index contributed by atoms with van der Waals surface area (Å²) in [6.45, 7) is 0. The number of nitrogens with zero attached hydrogens (tertiary/aromatic N) is 2. The predicted octanol–water partition coefficient (Wildman–Crippen LogP) is 8.43. The first-order valence-corrected chi connectivity index (χ1v) is 12.7. The maximum atomic E-state index is 12.6. The number of hydrogen-bond acceptors (Lipinski definition) is 5. The van der Waals surface area contributed by atoms with Gasteiger partial charge in [0.1, 0.15) is 10.4 Å². The third-order valence-corrected chi connectivity index (χ3v) is 6.54. The smallest absolute Gasteiger partial charge is 0.406 e. The van der Waals surface area contributed by atoms with Gasteiger partial charge in [-0.25, -0.2) is 9.97 Å². The average Bonchev–Trinajstić information content (AvgIpc) is 2.96. The van der Waals surface area contributed by atoms with E-state index in [0.717, 1.165) is 18.1 Å². The number of aldehydes is 2. The van der Waals surface area contributed by atoms with Crippen molar-refractivity contribution >= 4 is 28.5 Å². The summed E-state index contributed by atoms with van der Waals surface area (Å²) < 4.78 is 42.3. The van der Waals surface area contributed by atoms with Crippen LogP contribution in [0.3, 0.4) is 0 Å². The van der Waals surface area contributed by atoms with Crippen LogP contribution in [0, 0.1) is 0 Å². The summed E-state index contributed by atoms with van der Waals surface area (Å²) in [4.78, 5) is 33.5. The molecule has 0 saturated heterocycles. The van der Waals surface area contributed by atoms with Crippen LogP contribution in [-0.4, -0.2) is 28.9 Å². The number of alkyl halides is 3. The molecule has 0 saturated carbocycles. The van der Waals surface area contributed by atoms with E-state index in [1.54, 1.807) is 48.5 Å². The molecule has 0 atom stereocenters. The average molecular weight is 603 g/mol. The van der Waals surface area contributed by atoms with E-state index in [0.29, 0.717) is 55.1 Å². The zero-order valence-corrected chi connectivity index (χ0v) is 22.1. The Kier molecular flexibility index (Phi) is 7.57. The zero-order chi connectivity index (χ0) is 28.3. The number of rotatable bonds is 7. The van der Waals surface area contributed by atoms with Gasteiger partial charge in [-0.2, -0.15) is 0 Å². The van der Waals surface area contributed by atoms with Crippen LogP contribution >= 0.6 is 15.9 Å². The van der Waals surface area contributed by atoms with Crippen LogP contribution in [0.5, 0.6) is 5.75 Å². The first kappa shape index (κ1) is 27.0. The van der Waals surface area contributed by atoms with E-state index in [1.165, 1.54) is 24.3 Å². The van der Waals surface area contributed by atoms with Gasteiger partial charge in [0.05, 0.1) is 17.1 Å². The molecule has 0 unspecified atom stereocenters. The number of halogens is 4. The molecule has 5 nitrogen and oxygen atoms in total. The Bertz CT molecular complexity index is 1720. The van der Waals surface area contributed by atoms with Crippen molar-refractivity contribution in [2.24, 2.45) is 0 Å². The summed E-state index contributed by atoms with van der Waals surface area (Å²) in [7, 11) is 0. The second-order valence-electron chi connectivity index (χ2n) is 8.63. The van der Waals surface area contributed by atoms with Gasteiger partial charge >= 0.3 is 6.36 Å². The van der Waals surface area contributed by atoms with Crippen LogP contribution < -0.4 is 4.74 Å². The van der Waals surface area contributed by atoms with Crippen molar-refractivity contribution in [2.75, 3.05) is 0 Å². The highest BCUT2D eigenvalue weighted by Gasteiger charge is 2.31. The number of hydrogen-bond donors (Lipinski definition) is 0. The van der Waals surface area contributed by atoms with Crippen molar-refractivity contribution < 1.29 is 27.5 Å². The molecule has 0 aliphatic carbocycles. The molecule has 5 aromatic rings. The van der Waals surface area contributed by atoms with Crippen LogP contribution in [0.15, 0.2) is 102 Å². The zero-order valence-electron chi connectivity index (χ0n) is 20.5. The minimum atomic E-state index is -4.79. The first-order chi connectivity index (χ1) is 19.3. The Morgan fingerprint density at radius 2 is 1.27 bits per heavy atom. The molecule has 0 aliphatic heterocycles. The van der Waals surface area contributed by atoms with Crippen LogP contribution in [0.4, 0.5) is 13.2 Å². The Labute approximate surface area is 235 Å². The number of pyridine rings is 2. The lowest BCUT2D eigenvalue weighted by molar-refractivity contribution is -0.274. The molecule has 0 radical (unpaired) electrons. The molecule has 9 heteroatoms. The van der Waals surface area contributed by atoms with Crippen LogP contribution in [-0.2, 0) is 0 Å². The van der Waals surface area contributed by atoms with Gasteiger partial charge in [0.15, 0.2) is 12.6 Å². The number of benzene rings is 3. The third-order valence-electron chi connectivity index (χ3n) is 6.09. The highest BCUT2D eigenvalue weighted by Crippen LogP contribution is 2.38. The molecule has 40 heavy (non-hydrogen) atoms. The predicted molar refractivity (Wildman–Crippen MR) is 149 cm³/mol. The third kappa shape index (κ3) is 5.84. The van der Waals surface area contributed by atoms with Gasteiger partial charge in [-0.15, -0.1) is 13.2 Å². The second kappa shape index (κ2) is 11.2. The number of aromatic nitrogens is 2. The minimum Gasteiger partial charge on any atom is -0.406 e. The van der Waals surface area contributed by atoms with E-state index in [-0.39, 0.29) is 5.75 Å². The fourth-order valence-corrected chi connectivity index (χ4v) is 4.71. The Morgan fingerprint density at radius 1 is 0.650 bits per heavy atom. The molecular formula is C31H18BrF3N2O3. The maximum Gasteiger partial charge on any atom is 0.573 e. The molecule has 3 aromatic carbocycles. The van der Waals surface area contributed by atoms with Crippen LogP contribution in [0.1, 0.15) is 20.7 Å². The van der Waals surface area contributed by atoms with Gasteiger partial charge < -0.3 is 4.74 Å². The second-order valence-corrected chi connectivity index (χ2v) is 9.45. The first-order valence-electron chi connectivity index (χ1n) is 11.9. The lowest BCUT2D eigenvalue weighted by Gasteiger charge is -2.16. The molecule has 5 rings (SSSR count).